The van der Waals surface area contributed by atoms with Gasteiger partial charge in [0.25, 0.3) is 5.91 Å². The van der Waals surface area contributed by atoms with Crippen LogP contribution in [-0.4, -0.2) is 62.3 Å². The molecule has 2 heterocycles. The van der Waals surface area contributed by atoms with Gasteiger partial charge < -0.3 is 10.2 Å². The number of hydrogen-bond acceptors (Lipinski definition) is 4. The molecule has 2 aliphatic rings. The Balaban J connectivity index is 1.64. The summed E-state index contributed by atoms with van der Waals surface area (Å²) in [7, 11) is -3.59. The van der Waals surface area contributed by atoms with Crippen LogP contribution in [0.1, 0.15) is 55.8 Å². The molecule has 0 aromatic heterocycles. The van der Waals surface area contributed by atoms with Crippen molar-refractivity contribution in [2.24, 2.45) is 0 Å². The summed E-state index contributed by atoms with van der Waals surface area (Å²) in [4.78, 5) is 15.2. The molecule has 0 radical (unpaired) electrons. The highest BCUT2D eigenvalue weighted by molar-refractivity contribution is 7.89. The SMILES string of the molecule is C[C@@H](CCNC(=O)c1cc(S(=O)(=O)N2CCCCC2)ccc1Cl)N1CCCC1. The number of halogens is 1. The van der Waals surface area contributed by atoms with Gasteiger partial charge in [-0.15, -0.1) is 0 Å². The molecule has 0 spiro atoms. The molecule has 6 nitrogen and oxygen atoms in total. The van der Waals surface area contributed by atoms with Crippen LogP contribution in [0.25, 0.3) is 0 Å². The highest BCUT2D eigenvalue weighted by atomic mass is 35.5. The van der Waals surface area contributed by atoms with Crippen molar-refractivity contribution in [1.82, 2.24) is 14.5 Å². The van der Waals surface area contributed by atoms with Gasteiger partial charge in [0, 0.05) is 25.7 Å². The Bertz CT molecular complexity index is 788. The van der Waals surface area contributed by atoms with E-state index in [0.29, 0.717) is 25.7 Å². The van der Waals surface area contributed by atoms with Crippen molar-refractivity contribution in [1.29, 1.82) is 0 Å². The highest BCUT2D eigenvalue weighted by Crippen LogP contribution is 2.25. The molecule has 1 atom stereocenters. The van der Waals surface area contributed by atoms with Crippen molar-refractivity contribution in [2.45, 2.75) is 56.4 Å². The van der Waals surface area contributed by atoms with E-state index in [9.17, 15) is 13.2 Å². The van der Waals surface area contributed by atoms with E-state index in [4.69, 9.17) is 11.6 Å². The summed E-state index contributed by atoms with van der Waals surface area (Å²) < 4.78 is 27.2. The minimum absolute atomic E-state index is 0.134. The van der Waals surface area contributed by atoms with E-state index < -0.39 is 10.0 Å². The number of carbonyl (C=O) groups excluding carboxylic acids is 1. The summed E-state index contributed by atoms with van der Waals surface area (Å²) >= 11 is 6.19. The van der Waals surface area contributed by atoms with Gasteiger partial charge in [-0.05, 0) is 70.3 Å². The number of nitrogens with one attached hydrogen (secondary N) is 1. The van der Waals surface area contributed by atoms with Crippen molar-refractivity contribution in [3.05, 3.63) is 28.8 Å². The summed E-state index contributed by atoms with van der Waals surface area (Å²) in [5.41, 5.74) is 0.216. The second-order valence-corrected chi connectivity index (χ2v) is 10.1. The molecule has 3 rings (SSSR count). The number of rotatable bonds is 7. The monoisotopic (exact) mass is 427 g/mol. The van der Waals surface area contributed by atoms with Crippen LogP contribution in [0.2, 0.25) is 5.02 Å². The Hall–Kier alpha value is -1.15. The first-order chi connectivity index (χ1) is 13.4. The van der Waals surface area contributed by atoms with Gasteiger partial charge in [0.2, 0.25) is 10.0 Å². The number of amides is 1. The van der Waals surface area contributed by atoms with Gasteiger partial charge >= 0.3 is 0 Å². The van der Waals surface area contributed by atoms with Crippen molar-refractivity contribution >= 4 is 27.5 Å². The van der Waals surface area contributed by atoms with Crippen LogP contribution in [0.4, 0.5) is 0 Å². The lowest BCUT2D eigenvalue weighted by Crippen LogP contribution is -2.36. The lowest BCUT2D eigenvalue weighted by Gasteiger charge is -2.26. The zero-order valence-corrected chi connectivity index (χ0v) is 18.1. The Labute approximate surface area is 173 Å². The van der Waals surface area contributed by atoms with Crippen molar-refractivity contribution in [3.63, 3.8) is 0 Å². The van der Waals surface area contributed by atoms with Crippen molar-refractivity contribution in [3.8, 4) is 0 Å². The van der Waals surface area contributed by atoms with Gasteiger partial charge in [-0.1, -0.05) is 18.0 Å². The maximum atomic E-state index is 12.9. The third kappa shape index (κ3) is 5.06. The average Bonchev–Trinajstić information content (AvgIpc) is 3.23. The first-order valence-corrected chi connectivity index (χ1v) is 12.0. The number of hydrogen-bond donors (Lipinski definition) is 1. The van der Waals surface area contributed by atoms with Gasteiger partial charge in [-0.25, -0.2) is 8.42 Å². The predicted octanol–water partition coefficient (Wildman–Crippen LogP) is 3.12. The molecule has 0 saturated carbocycles. The minimum Gasteiger partial charge on any atom is -0.352 e. The third-order valence-electron chi connectivity index (χ3n) is 5.75. The summed E-state index contributed by atoms with van der Waals surface area (Å²) in [6, 6.07) is 4.81. The molecule has 8 heteroatoms. The van der Waals surface area contributed by atoms with Crippen LogP contribution in [0.5, 0.6) is 0 Å². The first kappa shape index (κ1) is 21.6. The molecule has 156 valence electrons. The fourth-order valence-electron chi connectivity index (χ4n) is 3.95. The topological polar surface area (TPSA) is 69.7 Å². The predicted molar refractivity (Wildman–Crippen MR) is 111 cm³/mol. The number of nitrogens with zero attached hydrogens (tertiary/aromatic N) is 2. The molecule has 2 aliphatic heterocycles. The lowest BCUT2D eigenvalue weighted by atomic mass is 10.2. The number of carbonyl (C=O) groups is 1. The second-order valence-electron chi connectivity index (χ2n) is 7.74. The standard InChI is InChI=1S/C20H30ClN3O3S/c1-16(23-11-5-6-12-23)9-10-22-20(25)18-15-17(7-8-19(18)21)28(26,27)24-13-3-2-4-14-24/h7-8,15-16H,2-6,9-14H2,1H3,(H,22,25)/t16-/m0/s1. The van der Waals surface area contributed by atoms with E-state index in [-0.39, 0.29) is 21.4 Å². The van der Waals surface area contributed by atoms with Crippen molar-refractivity contribution in [2.75, 3.05) is 32.7 Å². The van der Waals surface area contributed by atoms with Crippen LogP contribution in [0, 0.1) is 0 Å². The quantitative estimate of drug-likeness (QED) is 0.725. The molecule has 0 unspecified atom stereocenters. The third-order valence-corrected chi connectivity index (χ3v) is 7.97. The zero-order chi connectivity index (χ0) is 20.1. The number of piperidine rings is 1. The van der Waals surface area contributed by atoms with E-state index in [2.05, 4.69) is 17.1 Å². The van der Waals surface area contributed by atoms with E-state index in [1.807, 2.05) is 0 Å². The number of benzene rings is 1. The zero-order valence-electron chi connectivity index (χ0n) is 16.5. The molecule has 1 N–H and O–H groups in total. The maximum Gasteiger partial charge on any atom is 0.252 e. The Morgan fingerprint density at radius 1 is 1.11 bits per heavy atom. The van der Waals surface area contributed by atoms with Gasteiger partial charge in [-0.3, -0.25) is 4.79 Å². The summed E-state index contributed by atoms with van der Waals surface area (Å²) in [5.74, 6) is -0.325. The molecule has 1 aromatic carbocycles. The summed E-state index contributed by atoms with van der Waals surface area (Å²) in [6.45, 7) is 6.02. The molecule has 0 aliphatic carbocycles. The second kappa shape index (κ2) is 9.57. The van der Waals surface area contributed by atoms with Crippen LogP contribution in [0.3, 0.4) is 0 Å². The minimum atomic E-state index is -3.59. The fourth-order valence-corrected chi connectivity index (χ4v) is 5.70. The molecule has 1 amide bonds. The Morgan fingerprint density at radius 2 is 1.75 bits per heavy atom. The summed E-state index contributed by atoms with van der Waals surface area (Å²) in [6.07, 6.45) is 6.13. The fraction of sp³-hybridized carbons (Fsp3) is 0.650. The van der Waals surface area contributed by atoms with Crippen LogP contribution < -0.4 is 5.32 Å². The van der Waals surface area contributed by atoms with Gasteiger partial charge in [0.05, 0.1) is 15.5 Å². The normalized spacial score (nSPS) is 20.2. The van der Waals surface area contributed by atoms with E-state index in [1.165, 1.54) is 35.3 Å². The molecule has 1 aromatic rings. The summed E-state index contributed by atoms with van der Waals surface area (Å²) in [5, 5.41) is 3.16. The molecular formula is C20H30ClN3O3S. The first-order valence-electron chi connectivity index (χ1n) is 10.2. The van der Waals surface area contributed by atoms with E-state index in [0.717, 1.165) is 38.8 Å². The Kier molecular flexibility index (Phi) is 7.36. The van der Waals surface area contributed by atoms with Gasteiger partial charge in [0.15, 0.2) is 0 Å². The Morgan fingerprint density at radius 3 is 2.43 bits per heavy atom. The van der Waals surface area contributed by atoms with Crippen LogP contribution >= 0.6 is 11.6 Å². The average molecular weight is 428 g/mol. The number of sulfonamides is 1. The maximum absolute atomic E-state index is 12.9. The van der Waals surface area contributed by atoms with Gasteiger partial charge in [0.1, 0.15) is 0 Å². The molecule has 2 saturated heterocycles. The number of likely N-dealkylation sites (tertiary alicyclic amines) is 1. The van der Waals surface area contributed by atoms with Crippen LogP contribution in [-0.2, 0) is 10.0 Å². The molecule has 2 fully saturated rings. The largest absolute Gasteiger partial charge is 0.352 e. The van der Waals surface area contributed by atoms with Gasteiger partial charge in [-0.2, -0.15) is 4.31 Å². The van der Waals surface area contributed by atoms with Crippen LogP contribution in [0.15, 0.2) is 23.1 Å². The highest BCUT2D eigenvalue weighted by Gasteiger charge is 2.27. The van der Waals surface area contributed by atoms with E-state index >= 15 is 0 Å². The lowest BCUT2D eigenvalue weighted by molar-refractivity contribution is 0.0949. The van der Waals surface area contributed by atoms with Crippen molar-refractivity contribution < 1.29 is 13.2 Å². The van der Waals surface area contributed by atoms with E-state index in [1.54, 1.807) is 0 Å². The molecular weight excluding hydrogens is 398 g/mol. The molecule has 28 heavy (non-hydrogen) atoms. The smallest absolute Gasteiger partial charge is 0.252 e. The molecule has 0 bridgehead atoms.